The van der Waals surface area contributed by atoms with Crippen molar-refractivity contribution in [2.75, 3.05) is 39.9 Å². The first-order valence-corrected chi connectivity index (χ1v) is 15.8. The van der Waals surface area contributed by atoms with Gasteiger partial charge in [0.2, 0.25) is 0 Å². The number of ether oxygens (including phenoxy) is 1. The Bertz CT molecular complexity index is 826. The van der Waals surface area contributed by atoms with E-state index >= 15 is 0 Å². The summed E-state index contributed by atoms with van der Waals surface area (Å²) in [4.78, 5) is 2.76. The van der Waals surface area contributed by atoms with Crippen LogP contribution in [0, 0.1) is 35.0 Å². The number of nitrogens with zero attached hydrogens (tertiary/aromatic N) is 1. The number of piperidine rings is 1. The van der Waals surface area contributed by atoms with Crippen molar-refractivity contribution in [3.8, 4) is 0 Å². The fraction of sp³-hybridized carbons (Fsp3) is 0.818. The molecule has 0 aromatic rings. The standard InChI is InChI=1S/C33H55ClN2O/c1-24(2)32(21-36-18-17-31(33(3,4)23-36)26-13-15-29(34)16-14-26)35-20-25-9-8-11-27(19-25)30-12-7-6-10-28(30)22-37-5/h9,15,19,24,26,28,30-32,35H,6-8,10-14,16-18,20-23H2,1-5H3/t26?,28?,30?,31?,32-/m0/s1. The predicted octanol–water partition coefficient (Wildman–Crippen LogP) is 7.97. The minimum absolute atomic E-state index is 0.365. The van der Waals surface area contributed by atoms with Crippen molar-refractivity contribution in [3.05, 3.63) is 34.4 Å². The first-order chi connectivity index (χ1) is 17.8. The van der Waals surface area contributed by atoms with Crippen molar-refractivity contribution >= 4 is 11.6 Å². The molecule has 4 heteroatoms. The first kappa shape index (κ1) is 29.4. The SMILES string of the molecule is COCC1CCCCC1C1=CC(CN[C@@H](CN2CCC(C3CC=C(Cl)CC3)C(C)(C)C2)C(C)C)=CCC1. The van der Waals surface area contributed by atoms with Gasteiger partial charge in [-0.2, -0.15) is 0 Å². The predicted molar refractivity (Wildman–Crippen MR) is 159 cm³/mol. The van der Waals surface area contributed by atoms with Gasteiger partial charge < -0.3 is 15.0 Å². The average molecular weight is 531 g/mol. The summed E-state index contributed by atoms with van der Waals surface area (Å²) in [5.41, 5.74) is 3.58. The van der Waals surface area contributed by atoms with Gasteiger partial charge in [0.15, 0.2) is 0 Å². The van der Waals surface area contributed by atoms with Crippen LogP contribution in [0.1, 0.15) is 91.9 Å². The van der Waals surface area contributed by atoms with Crippen LogP contribution in [-0.2, 0) is 4.74 Å². The monoisotopic (exact) mass is 530 g/mol. The van der Waals surface area contributed by atoms with E-state index in [1.54, 1.807) is 5.57 Å². The summed E-state index contributed by atoms with van der Waals surface area (Å²) in [5, 5.41) is 5.09. The Kier molecular flexibility index (Phi) is 10.8. The topological polar surface area (TPSA) is 24.5 Å². The molecule has 210 valence electrons. The van der Waals surface area contributed by atoms with E-state index in [1.165, 1.54) is 76.5 Å². The van der Waals surface area contributed by atoms with Crippen molar-refractivity contribution in [2.24, 2.45) is 35.0 Å². The van der Waals surface area contributed by atoms with Crippen LogP contribution in [0.25, 0.3) is 0 Å². The van der Waals surface area contributed by atoms with Gasteiger partial charge in [0.1, 0.15) is 0 Å². The van der Waals surface area contributed by atoms with Gasteiger partial charge in [-0.15, -0.1) is 0 Å². The molecule has 1 saturated carbocycles. The van der Waals surface area contributed by atoms with Crippen molar-refractivity contribution in [1.29, 1.82) is 0 Å². The van der Waals surface area contributed by atoms with E-state index in [4.69, 9.17) is 16.3 Å². The second-order valence-corrected chi connectivity index (χ2v) is 14.2. The van der Waals surface area contributed by atoms with Gasteiger partial charge >= 0.3 is 0 Å². The van der Waals surface area contributed by atoms with Gasteiger partial charge in [0.05, 0.1) is 0 Å². The quantitative estimate of drug-likeness (QED) is 0.310. The molecule has 4 aliphatic rings. The molecule has 2 fully saturated rings. The molecule has 37 heavy (non-hydrogen) atoms. The number of allylic oxidation sites excluding steroid dienone is 4. The Hall–Kier alpha value is -0.610. The molecule has 1 aliphatic heterocycles. The Labute approximate surface area is 233 Å². The first-order valence-electron chi connectivity index (χ1n) is 15.5. The molecule has 1 N–H and O–H groups in total. The molecular formula is C33H55ClN2O. The molecular weight excluding hydrogens is 476 g/mol. The Balaban J connectivity index is 1.31. The van der Waals surface area contributed by atoms with Crippen molar-refractivity contribution in [1.82, 2.24) is 10.2 Å². The molecule has 0 aromatic heterocycles. The third kappa shape index (κ3) is 7.96. The fourth-order valence-corrected chi connectivity index (χ4v) is 8.26. The third-order valence-corrected chi connectivity index (χ3v) is 10.5. The second-order valence-electron chi connectivity index (χ2n) is 13.7. The largest absolute Gasteiger partial charge is 0.384 e. The van der Waals surface area contributed by atoms with E-state index in [-0.39, 0.29) is 0 Å². The van der Waals surface area contributed by atoms with Crippen LogP contribution >= 0.6 is 11.6 Å². The lowest BCUT2D eigenvalue weighted by molar-refractivity contribution is 0.0120. The normalized spacial score (nSPS) is 32.0. The number of hydrogen-bond acceptors (Lipinski definition) is 3. The number of rotatable bonds is 10. The smallest absolute Gasteiger partial charge is 0.0496 e. The summed E-state index contributed by atoms with van der Waals surface area (Å²) < 4.78 is 5.60. The molecule has 5 atom stereocenters. The van der Waals surface area contributed by atoms with E-state index < -0.39 is 0 Å². The molecule has 0 bridgehead atoms. The molecule has 0 radical (unpaired) electrons. The molecule has 1 heterocycles. The minimum Gasteiger partial charge on any atom is -0.384 e. The van der Waals surface area contributed by atoms with Gasteiger partial charge in [-0.05, 0) is 98.5 Å². The Morgan fingerprint density at radius 3 is 2.62 bits per heavy atom. The zero-order chi connectivity index (χ0) is 26.4. The van der Waals surface area contributed by atoms with Gasteiger partial charge in [-0.25, -0.2) is 0 Å². The summed E-state index contributed by atoms with van der Waals surface area (Å²) in [6, 6.07) is 0.527. The molecule has 3 nitrogen and oxygen atoms in total. The van der Waals surface area contributed by atoms with Crippen LogP contribution in [0.5, 0.6) is 0 Å². The number of nitrogens with one attached hydrogen (secondary N) is 1. The summed E-state index contributed by atoms with van der Waals surface area (Å²) in [7, 11) is 1.87. The Morgan fingerprint density at radius 1 is 1.11 bits per heavy atom. The summed E-state index contributed by atoms with van der Waals surface area (Å²) >= 11 is 6.29. The maximum absolute atomic E-state index is 6.29. The van der Waals surface area contributed by atoms with Crippen LogP contribution in [0.3, 0.4) is 0 Å². The summed E-state index contributed by atoms with van der Waals surface area (Å²) in [6.07, 6.45) is 20.1. The highest BCUT2D eigenvalue weighted by molar-refractivity contribution is 6.29. The zero-order valence-corrected chi connectivity index (χ0v) is 25.3. The summed E-state index contributed by atoms with van der Waals surface area (Å²) in [5.74, 6) is 3.70. The lowest BCUT2D eigenvalue weighted by atomic mass is 9.65. The van der Waals surface area contributed by atoms with E-state index in [1.807, 2.05) is 7.11 Å². The molecule has 1 saturated heterocycles. The molecule has 0 amide bonds. The zero-order valence-electron chi connectivity index (χ0n) is 24.5. The van der Waals surface area contributed by atoms with Gasteiger partial charge in [0, 0.05) is 44.4 Å². The van der Waals surface area contributed by atoms with E-state index in [2.05, 4.69) is 56.1 Å². The molecule has 3 aliphatic carbocycles. The number of hydrogen-bond donors (Lipinski definition) is 1. The lowest BCUT2D eigenvalue weighted by Crippen LogP contribution is -2.53. The number of halogens is 1. The fourth-order valence-electron chi connectivity index (χ4n) is 8.06. The highest BCUT2D eigenvalue weighted by Crippen LogP contribution is 2.45. The van der Waals surface area contributed by atoms with Crippen molar-refractivity contribution in [2.45, 2.75) is 97.9 Å². The average Bonchev–Trinajstić information content (AvgIpc) is 2.87. The van der Waals surface area contributed by atoms with E-state index in [0.717, 1.165) is 48.9 Å². The number of methoxy groups -OCH3 is 1. The van der Waals surface area contributed by atoms with Crippen LogP contribution in [-0.4, -0.2) is 50.8 Å². The number of likely N-dealkylation sites (tertiary alicyclic amines) is 1. The molecule has 0 spiro atoms. The minimum atomic E-state index is 0.365. The van der Waals surface area contributed by atoms with Crippen molar-refractivity contribution in [3.63, 3.8) is 0 Å². The lowest BCUT2D eigenvalue weighted by Gasteiger charge is -2.49. The van der Waals surface area contributed by atoms with E-state index in [9.17, 15) is 0 Å². The molecule has 4 rings (SSSR count). The maximum atomic E-state index is 6.29. The van der Waals surface area contributed by atoms with E-state index in [0.29, 0.717) is 23.3 Å². The Morgan fingerprint density at radius 2 is 1.92 bits per heavy atom. The van der Waals surface area contributed by atoms with Crippen molar-refractivity contribution < 1.29 is 4.74 Å². The third-order valence-electron chi connectivity index (χ3n) is 10.2. The van der Waals surface area contributed by atoms with Gasteiger partial charge in [-0.1, -0.05) is 75.9 Å². The van der Waals surface area contributed by atoms with Gasteiger partial charge in [0.25, 0.3) is 0 Å². The summed E-state index contributed by atoms with van der Waals surface area (Å²) in [6.45, 7) is 15.4. The molecule has 4 unspecified atom stereocenters. The van der Waals surface area contributed by atoms with Gasteiger partial charge in [-0.3, -0.25) is 0 Å². The van der Waals surface area contributed by atoms with Crippen LogP contribution in [0.4, 0.5) is 0 Å². The molecule has 0 aromatic carbocycles. The highest BCUT2D eigenvalue weighted by atomic mass is 35.5. The van der Waals surface area contributed by atoms with Crippen LogP contribution in [0.2, 0.25) is 0 Å². The van der Waals surface area contributed by atoms with Crippen LogP contribution in [0.15, 0.2) is 34.4 Å². The second kappa shape index (κ2) is 13.6. The highest BCUT2D eigenvalue weighted by Gasteiger charge is 2.40. The maximum Gasteiger partial charge on any atom is 0.0496 e. The van der Waals surface area contributed by atoms with Crippen LogP contribution < -0.4 is 5.32 Å².